The van der Waals surface area contributed by atoms with E-state index >= 15 is 0 Å². The topological polar surface area (TPSA) is 112 Å². The van der Waals surface area contributed by atoms with Crippen LogP contribution in [0.4, 0.5) is 0 Å². The first-order valence-electron chi connectivity index (χ1n) is 7.45. The number of nitriles is 1. The number of nitrogens with one attached hydrogen (secondary N) is 1. The van der Waals surface area contributed by atoms with Crippen molar-refractivity contribution in [3.05, 3.63) is 56.9 Å². The van der Waals surface area contributed by atoms with Gasteiger partial charge in [0, 0.05) is 0 Å². The summed E-state index contributed by atoms with van der Waals surface area (Å²) in [5.41, 5.74) is 0.813. The Morgan fingerprint density at radius 1 is 1.38 bits per heavy atom. The Bertz CT molecular complexity index is 1120. The average molecular weight is 386 g/mol. The Labute approximate surface area is 157 Å². The number of nitrogens with zero attached hydrogens (tertiary/aromatic N) is 4. The molecule has 1 atom stereocenters. The molecule has 3 rings (SSSR count). The lowest BCUT2D eigenvalue weighted by Crippen LogP contribution is -2.21. The molecule has 0 bridgehead atoms. The first-order chi connectivity index (χ1) is 12.4. The molecule has 0 aliphatic heterocycles. The molecule has 2 heterocycles. The minimum absolute atomic E-state index is 0.0341. The summed E-state index contributed by atoms with van der Waals surface area (Å²) in [6, 6.07) is 7.04. The molecule has 0 saturated heterocycles. The lowest BCUT2D eigenvalue weighted by atomic mass is 10.0. The molecule has 2 aromatic heterocycles. The summed E-state index contributed by atoms with van der Waals surface area (Å²) in [5, 5.41) is 10.3. The molecule has 0 radical (unpaired) electrons. The number of hydrogen-bond acceptors (Lipinski definition) is 7. The molecule has 1 N–H and O–H groups in total. The zero-order valence-corrected chi connectivity index (χ0v) is 15.4. The number of rotatable bonds is 4. The van der Waals surface area contributed by atoms with Crippen LogP contribution in [-0.2, 0) is 0 Å². The van der Waals surface area contributed by atoms with Crippen molar-refractivity contribution in [1.29, 1.82) is 5.26 Å². The zero-order valence-electron chi connectivity index (χ0n) is 13.8. The highest BCUT2D eigenvalue weighted by molar-refractivity contribution is 7.98. The Morgan fingerprint density at radius 3 is 2.85 bits per heavy atom. The highest BCUT2D eigenvalue weighted by Crippen LogP contribution is 2.23. The molecule has 3 aromatic rings. The summed E-state index contributed by atoms with van der Waals surface area (Å²) >= 11 is 7.26. The monoisotopic (exact) mass is 385 g/mol. The second-order valence-corrected chi connectivity index (χ2v) is 6.63. The third kappa shape index (κ3) is 3.31. The maximum absolute atomic E-state index is 12.8. The SMILES string of the molecule is CSc1ncc(Cl)c(C(=O)[C@@H](C#N)c2nc3ccc(C)cc3c(=O)[nH]2)n1. The van der Waals surface area contributed by atoms with E-state index in [4.69, 9.17) is 11.6 Å². The average Bonchev–Trinajstić information content (AvgIpc) is 2.63. The second-order valence-electron chi connectivity index (χ2n) is 5.45. The van der Waals surface area contributed by atoms with Gasteiger partial charge < -0.3 is 4.98 Å². The van der Waals surface area contributed by atoms with Crippen LogP contribution in [0.2, 0.25) is 5.02 Å². The number of aryl methyl sites for hydroxylation is 1. The van der Waals surface area contributed by atoms with Crippen LogP contribution >= 0.6 is 23.4 Å². The molecule has 130 valence electrons. The second kappa shape index (κ2) is 7.23. The highest BCUT2D eigenvalue weighted by Gasteiger charge is 2.28. The van der Waals surface area contributed by atoms with Crippen LogP contribution in [0.1, 0.15) is 27.8 Å². The number of hydrogen-bond donors (Lipinski definition) is 1. The highest BCUT2D eigenvalue weighted by atomic mass is 35.5. The van der Waals surface area contributed by atoms with Gasteiger partial charge in [0.15, 0.2) is 11.1 Å². The maximum atomic E-state index is 12.8. The predicted molar refractivity (Wildman–Crippen MR) is 98.6 cm³/mol. The summed E-state index contributed by atoms with van der Waals surface area (Å²) in [4.78, 5) is 40.0. The van der Waals surface area contributed by atoms with E-state index in [0.29, 0.717) is 16.1 Å². The van der Waals surface area contributed by atoms with Crippen LogP contribution in [0.15, 0.2) is 34.3 Å². The van der Waals surface area contributed by atoms with Gasteiger partial charge in [0.2, 0.25) is 5.78 Å². The van der Waals surface area contributed by atoms with Crippen molar-refractivity contribution in [2.24, 2.45) is 0 Å². The summed E-state index contributed by atoms with van der Waals surface area (Å²) in [5.74, 6) is -2.03. The lowest BCUT2D eigenvalue weighted by molar-refractivity contribution is 0.0970. The minimum atomic E-state index is -1.34. The van der Waals surface area contributed by atoms with Crippen LogP contribution in [0.3, 0.4) is 0 Å². The molecule has 26 heavy (non-hydrogen) atoms. The molecule has 0 saturated carbocycles. The van der Waals surface area contributed by atoms with Crippen molar-refractivity contribution in [3.8, 4) is 6.07 Å². The van der Waals surface area contributed by atoms with Crippen molar-refractivity contribution in [3.63, 3.8) is 0 Å². The largest absolute Gasteiger partial charge is 0.308 e. The normalized spacial score (nSPS) is 11.9. The smallest absolute Gasteiger partial charge is 0.258 e. The lowest BCUT2D eigenvalue weighted by Gasteiger charge is -2.10. The number of aromatic amines is 1. The quantitative estimate of drug-likeness (QED) is 0.417. The minimum Gasteiger partial charge on any atom is -0.308 e. The van der Waals surface area contributed by atoms with Gasteiger partial charge in [-0.1, -0.05) is 35.0 Å². The van der Waals surface area contributed by atoms with Crippen LogP contribution in [-0.4, -0.2) is 32.0 Å². The van der Waals surface area contributed by atoms with E-state index in [0.717, 1.165) is 5.56 Å². The van der Waals surface area contributed by atoms with Crippen LogP contribution < -0.4 is 5.56 Å². The van der Waals surface area contributed by atoms with E-state index < -0.39 is 17.3 Å². The van der Waals surface area contributed by atoms with Gasteiger partial charge in [-0.15, -0.1) is 0 Å². The molecule has 7 nitrogen and oxygen atoms in total. The molecule has 0 fully saturated rings. The number of benzene rings is 1. The van der Waals surface area contributed by atoms with E-state index in [1.165, 1.54) is 18.0 Å². The molecule has 0 spiro atoms. The summed E-state index contributed by atoms with van der Waals surface area (Å²) < 4.78 is 0. The van der Waals surface area contributed by atoms with E-state index in [1.54, 1.807) is 24.5 Å². The molecule has 0 amide bonds. The Kier molecular flexibility index (Phi) is 5.02. The Balaban J connectivity index is 2.11. The maximum Gasteiger partial charge on any atom is 0.258 e. The van der Waals surface area contributed by atoms with E-state index in [-0.39, 0.29) is 16.5 Å². The number of ketones is 1. The molecule has 0 aliphatic carbocycles. The van der Waals surface area contributed by atoms with Crippen LogP contribution in [0.25, 0.3) is 10.9 Å². The van der Waals surface area contributed by atoms with Gasteiger partial charge in [0.1, 0.15) is 11.5 Å². The number of halogens is 1. The molecular weight excluding hydrogens is 374 g/mol. The van der Waals surface area contributed by atoms with Crippen molar-refractivity contribution in [1.82, 2.24) is 19.9 Å². The first kappa shape index (κ1) is 18.0. The van der Waals surface area contributed by atoms with Gasteiger partial charge in [-0.05, 0) is 25.3 Å². The zero-order chi connectivity index (χ0) is 18.8. The van der Waals surface area contributed by atoms with Crippen molar-refractivity contribution in [2.45, 2.75) is 18.0 Å². The number of thioether (sulfide) groups is 1. The third-order valence-electron chi connectivity index (χ3n) is 3.68. The standard InChI is InChI=1S/C17H12ClN5O2S/c1-8-3-4-12-9(5-8)16(25)23-15(21-12)10(6-19)14(24)13-11(18)7-20-17(22-13)26-2/h3-5,7,10H,1-2H3,(H,21,23,25)/t10-/m1/s1. The summed E-state index contributed by atoms with van der Waals surface area (Å²) in [6.45, 7) is 1.86. The van der Waals surface area contributed by atoms with Gasteiger partial charge in [-0.3, -0.25) is 9.59 Å². The number of fused-ring (bicyclic) bond motifs is 1. The number of H-pyrrole nitrogens is 1. The van der Waals surface area contributed by atoms with E-state index in [9.17, 15) is 14.9 Å². The van der Waals surface area contributed by atoms with E-state index in [2.05, 4.69) is 19.9 Å². The van der Waals surface area contributed by atoms with Crippen molar-refractivity contribution < 1.29 is 4.79 Å². The Hall–Kier alpha value is -2.76. The number of carbonyl (C=O) groups is 1. The van der Waals surface area contributed by atoms with Gasteiger partial charge >= 0.3 is 0 Å². The van der Waals surface area contributed by atoms with Gasteiger partial charge in [0.25, 0.3) is 5.56 Å². The molecular formula is C17H12ClN5O2S. The summed E-state index contributed by atoms with van der Waals surface area (Å²) in [7, 11) is 0. The van der Waals surface area contributed by atoms with Gasteiger partial charge in [-0.25, -0.2) is 15.0 Å². The number of Topliss-reactive ketones (excluding diaryl/α,β-unsaturated/α-hetero) is 1. The van der Waals surface area contributed by atoms with Crippen LogP contribution in [0.5, 0.6) is 0 Å². The molecule has 0 unspecified atom stereocenters. The Morgan fingerprint density at radius 2 is 2.15 bits per heavy atom. The fourth-order valence-corrected chi connectivity index (χ4v) is 2.93. The third-order valence-corrected chi connectivity index (χ3v) is 4.52. The van der Waals surface area contributed by atoms with Gasteiger partial charge in [-0.2, -0.15) is 5.26 Å². The van der Waals surface area contributed by atoms with Crippen molar-refractivity contribution in [2.75, 3.05) is 6.26 Å². The predicted octanol–water partition coefficient (Wildman–Crippen LogP) is 2.89. The first-order valence-corrected chi connectivity index (χ1v) is 9.05. The van der Waals surface area contributed by atoms with Gasteiger partial charge in [0.05, 0.1) is 28.2 Å². The van der Waals surface area contributed by atoms with Crippen molar-refractivity contribution >= 4 is 40.0 Å². The number of carbonyl (C=O) groups excluding carboxylic acids is 1. The fraction of sp³-hybridized carbons (Fsp3) is 0.176. The molecule has 1 aromatic carbocycles. The van der Waals surface area contributed by atoms with E-state index in [1.807, 2.05) is 13.0 Å². The number of aromatic nitrogens is 4. The molecule has 0 aliphatic rings. The summed E-state index contributed by atoms with van der Waals surface area (Å²) in [6.07, 6.45) is 3.06. The fourth-order valence-electron chi connectivity index (χ4n) is 2.41. The molecule has 9 heteroatoms. The van der Waals surface area contributed by atoms with Crippen LogP contribution in [0, 0.1) is 18.3 Å².